The minimum Gasteiger partial charge on any atom is -0.385 e. The molecule has 0 aliphatic rings. The molecule has 0 unspecified atom stereocenters. The molecule has 1 N–H and O–H groups in total. The molecule has 0 saturated heterocycles. The number of aryl methyl sites for hydroxylation is 2. The maximum absolute atomic E-state index is 4.29. The molecule has 1 aromatic heterocycles. The van der Waals surface area contributed by atoms with E-state index >= 15 is 0 Å². The van der Waals surface area contributed by atoms with Crippen LogP contribution in [0.4, 0.5) is 5.69 Å². The summed E-state index contributed by atoms with van der Waals surface area (Å²) in [6, 6.07) is 0. The van der Waals surface area contributed by atoms with E-state index in [1.165, 1.54) is 0 Å². The van der Waals surface area contributed by atoms with E-state index < -0.39 is 0 Å². The van der Waals surface area contributed by atoms with Crippen LogP contribution in [0.1, 0.15) is 18.4 Å². The number of rotatable bonds is 2. The highest BCUT2D eigenvalue weighted by Crippen LogP contribution is 2.08. The van der Waals surface area contributed by atoms with Crippen LogP contribution in [0.25, 0.3) is 0 Å². The third-order valence-corrected chi connectivity index (χ3v) is 1.61. The third kappa shape index (κ3) is 1.67. The first-order valence-corrected chi connectivity index (χ1v) is 3.78. The van der Waals surface area contributed by atoms with Gasteiger partial charge in [0.1, 0.15) is 5.82 Å². The molecule has 3 heteroatoms. The van der Waals surface area contributed by atoms with Crippen molar-refractivity contribution < 1.29 is 0 Å². The van der Waals surface area contributed by atoms with Crippen LogP contribution in [0.15, 0.2) is 6.20 Å². The molecule has 3 nitrogen and oxygen atoms in total. The van der Waals surface area contributed by atoms with E-state index in [0.29, 0.717) is 0 Å². The molecule has 0 atom stereocenters. The minimum atomic E-state index is 0.894. The number of nitrogens with zero attached hydrogens (tertiary/aromatic N) is 2. The minimum absolute atomic E-state index is 0.894. The van der Waals surface area contributed by atoms with E-state index in [2.05, 4.69) is 15.3 Å². The van der Waals surface area contributed by atoms with Gasteiger partial charge in [0.15, 0.2) is 0 Å². The smallest absolute Gasteiger partial charge is 0.128 e. The predicted molar refractivity (Wildman–Crippen MR) is 45.7 cm³/mol. The molecular formula is C8H13N3. The molecule has 11 heavy (non-hydrogen) atoms. The van der Waals surface area contributed by atoms with Gasteiger partial charge in [0.05, 0.1) is 17.6 Å². The van der Waals surface area contributed by atoms with Gasteiger partial charge in [-0.25, -0.2) is 9.97 Å². The molecule has 1 aromatic rings. The Labute approximate surface area is 66.9 Å². The molecule has 0 amide bonds. The summed E-state index contributed by atoms with van der Waals surface area (Å²) in [6.07, 6.45) is 2.71. The zero-order valence-electron chi connectivity index (χ0n) is 7.18. The second kappa shape index (κ2) is 3.32. The zero-order chi connectivity index (χ0) is 8.27. The van der Waals surface area contributed by atoms with Crippen LogP contribution in [0.2, 0.25) is 0 Å². The highest BCUT2D eigenvalue weighted by molar-refractivity contribution is 5.44. The van der Waals surface area contributed by atoms with Gasteiger partial charge in [0.25, 0.3) is 0 Å². The van der Waals surface area contributed by atoms with Gasteiger partial charge in [-0.05, 0) is 6.92 Å². The molecular weight excluding hydrogens is 138 g/mol. The lowest BCUT2D eigenvalue weighted by atomic mass is 10.3. The standard InChI is InChI=1S/C8H13N3/c1-4-8-10-5-7(9-3)6(2)11-8/h5,9H,4H2,1-3H3. The molecule has 0 radical (unpaired) electrons. The normalized spacial score (nSPS) is 9.73. The van der Waals surface area contributed by atoms with Crippen LogP contribution in [0.5, 0.6) is 0 Å². The number of anilines is 1. The van der Waals surface area contributed by atoms with Gasteiger partial charge in [-0.3, -0.25) is 0 Å². The summed E-state index contributed by atoms with van der Waals surface area (Å²) < 4.78 is 0. The topological polar surface area (TPSA) is 37.8 Å². The highest BCUT2D eigenvalue weighted by atomic mass is 14.9. The fourth-order valence-electron chi connectivity index (χ4n) is 0.931. The van der Waals surface area contributed by atoms with E-state index in [1.807, 2.05) is 27.1 Å². The summed E-state index contributed by atoms with van der Waals surface area (Å²) in [5.41, 5.74) is 2.02. The fourth-order valence-corrected chi connectivity index (χ4v) is 0.931. The van der Waals surface area contributed by atoms with E-state index in [-0.39, 0.29) is 0 Å². The van der Waals surface area contributed by atoms with Crippen molar-refractivity contribution in [3.8, 4) is 0 Å². The SMILES string of the molecule is CCc1ncc(NC)c(C)n1. The Morgan fingerprint density at radius 1 is 1.55 bits per heavy atom. The van der Waals surface area contributed by atoms with Crippen molar-refractivity contribution in [2.75, 3.05) is 12.4 Å². The third-order valence-electron chi connectivity index (χ3n) is 1.61. The van der Waals surface area contributed by atoms with Crippen LogP contribution in [-0.2, 0) is 6.42 Å². The van der Waals surface area contributed by atoms with Crippen molar-refractivity contribution in [3.05, 3.63) is 17.7 Å². The van der Waals surface area contributed by atoms with Crippen molar-refractivity contribution >= 4 is 5.69 Å². The van der Waals surface area contributed by atoms with E-state index in [9.17, 15) is 0 Å². The maximum atomic E-state index is 4.29. The van der Waals surface area contributed by atoms with Crippen molar-refractivity contribution in [2.45, 2.75) is 20.3 Å². The molecule has 0 spiro atoms. The number of hydrogen-bond donors (Lipinski definition) is 1. The molecule has 0 saturated carbocycles. The lowest BCUT2D eigenvalue weighted by molar-refractivity contribution is 0.919. The number of aromatic nitrogens is 2. The second-order valence-corrected chi connectivity index (χ2v) is 2.39. The van der Waals surface area contributed by atoms with Gasteiger partial charge >= 0.3 is 0 Å². The van der Waals surface area contributed by atoms with E-state index in [4.69, 9.17) is 0 Å². The summed E-state index contributed by atoms with van der Waals surface area (Å²) in [6.45, 7) is 4.03. The van der Waals surface area contributed by atoms with E-state index in [1.54, 1.807) is 0 Å². The summed E-state index contributed by atoms with van der Waals surface area (Å²) in [7, 11) is 1.87. The van der Waals surface area contributed by atoms with Gasteiger partial charge in [0.2, 0.25) is 0 Å². The average molecular weight is 151 g/mol. The van der Waals surface area contributed by atoms with Gasteiger partial charge in [0, 0.05) is 13.5 Å². The van der Waals surface area contributed by atoms with Crippen molar-refractivity contribution in [1.29, 1.82) is 0 Å². The monoisotopic (exact) mass is 151 g/mol. The van der Waals surface area contributed by atoms with Gasteiger partial charge in [-0.2, -0.15) is 0 Å². The lowest BCUT2D eigenvalue weighted by Crippen LogP contribution is -1.99. The summed E-state index contributed by atoms with van der Waals surface area (Å²) in [4.78, 5) is 8.44. The zero-order valence-corrected chi connectivity index (χ0v) is 7.18. The Bertz CT molecular complexity index is 245. The van der Waals surface area contributed by atoms with Crippen LogP contribution in [0, 0.1) is 6.92 Å². The van der Waals surface area contributed by atoms with Crippen molar-refractivity contribution in [2.24, 2.45) is 0 Å². The van der Waals surface area contributed by atoms with Crippen LogP contribution >= 0.6 is 0 Å². The quantitative estimate of drug-likeness (QED) is 0.694. The van der Waals surface area contributed by atoms with Gasteiger partial charge in [-0.15, -0.1) is 0 Å². The van der Waals surface area contributed by atoms with Crippen molar-refractivity contribution in [3.63, 3.8) is 0 Å². The highest BCUT2D eigenvalue weighted by Gasteiger charge is 1.98. The summed E-state index contributed by atoms with van der Waals surface area (Å²) in [5, 5.41) is 3.02. The average Bonchev–Trinajstić information content (AvgIpc) is 2.04. The molecule has 60 valence electrons. The second-order valence-electron chi connectivity index (χ2n) is 2.39. The van der Waals surface area contributed by atoms with Gasteiger partial charge in [-0.1, -0.05) is 6.92 Å². The first-order chi connectivity index (χ1) is 5.27. The molecule has 1 rings (SSSR count). The largest absolute Gasteiger partial charge is 0.385 e. The van der Waals surface area contributed by atoms with Crippen molar-refractivity contribution in [1.82, 2.24) is 9.97 Å². The molecule has 0 aliphatic carbocycles. The maximum Gasteiger partial charge on any atom is 0.128 e. The van der Waals surface area contributed by atoms with Crippen LogP contribution in [0.3, 0.4) is 0 Å². The molecule has 0 bridgehead atoms. The molecule has 0 fully saturated rings. The Hall–Kier alpha value is -1.12. The fraction of sp³-hybridized carbons (Fsp3) is 0.500. The van der Waals surface area contributed by atoms with E-state index in [0.717, 1.165) is 23.6 Å². The Balaban J connectivity index is 2.99. The summed E-state index contributed by atoms with van der Waals surface area (Å²) >= 11 is 0. The lowest BCUT2D eigenvalue weighted by Gasteiger charge is -2.03. The Kier molecular flexibility index (Phi) is 2.41. The number of hydrogen-bond acceptors (Lipinski definition) is 3. The summed E-state index contributed by atoms with van der Waals surface area (Å²) in [5.74, 6) is 0.904. The predicted octanol–water partition coefficient (Wildman–Crippen LogP) is 1.39. The Morgan fingerprint density at radius 3 is 2.73 bits per heavy atom. The molecule has 1 heterocycles. The molecule has 0 aliphatic heterocycles. The first-order valence-electron chi connectivity index (χ1n) is 3.78. The van der Waals surface area contributed by atoms with Crippen LogP contribution in [-0.4, -0.2) is 17.0 Å². The first kappa shape index (κ1) is 7.98. The number of nitrogens with one attached hydrogen (secondary N) is 1. The van der Waals surface area contributed by atoms with Crippen LogP contribution < -0.4 is 5.32 Å². The Morgan fingerprint density at radius 2 is 2.27 bits per heavy atom. The molecule has 0 aromatic carbocycles. The van der Waals surface area contributed by atoms with Gasteiger partial charge < -0.3 is 5.32 Å².